The summed E-state index contributed by atoms with van der Waals surface area (Å²) in [6.07, 6.45) is 1.86. The quantitative estimate of drug-likeness (QED) is 0.352. The second-order valence-electron chi connectivity index (χ2n) is 14.6. The summed E-state index contributed by atoms with van der Waals surface area (Å²) in [6, 6.07) is 2.85. The predicted molar refractivity (Wildman–Crippen MR) is 172 cm³/mol. The van der Waals surface area contributed by atoms with Crippen LogP contribution >= 0.6 is 0 Å². The van der Waals surface area contributed by atoms with Crippen molar-refractivity contribution in [1.29, 1.82) is 0 Å². The Balaban J connectivity index is 1.12. The van der Waals surface area contributed by atoms with Crippen molar-refractivity contribution in [3.63, 3.8) is 0 Å². The number of benzene rings is 1. The minimum atomic E-state index is -2.78. The third-order valence-corrected chi connectivity index (χ3v) is 11.0. The number of ketones is 4. The van der Waals surface area contributed by atoms with Gasteiger partial charge in [-0.3, -0.25) is 19.2 Å². The zero-order chi connectivity index (χ0) is 35.9. The van der Waals surface area contributed by atoms with E-state index in [0.717, 1.165) is 6.08 Å². The molecule has 0 radical (unpaired) electrons. The first-order valence-corrected chi connectivity index (χ1v) is 17.1. The molecular weight excluding hydrogens is 652 g/mol. The van der Waals surface area contributed by atoms with E-state index < -0.39 is 88.9 Å². The summed E-state index contributed by atoms with van der Waals surface area (Å²) < 4.78 is 29.8. The van der Waals surface area contributed by atoms with E-state index >= 15 is 0 Å². The highest BCUT2D eigenvalue weighted by atomic mass is 16.7. The van der Waals surface area contributed by atoms with E-state index in [-0.39, 0.29) is 41.1 Å². The number of ether oxygens (including phenoxy) is 5. The van der Waals surface area contributed by atoms with Gasteiger partial charge in [0.2, 0.25) is 0 Å². The molecule has 4 N–H and O–H groups in total. The van der Waals surface area contributed by atoms with E-state index in [1.54, 1.807) is 20.8 Å². The van der Waals surface area contributed by atoms with E-state index in [9.17, 15) is 39.6 Å². The van der Waals surface area contributed by atoms with Crippen LogP contribution < -0.4 is 0 Å². The lowest BCUT2D eigenvalue weighted by Crippen LogP contribution is -2.69. The van der Waals surface area contributed by atoms with E-state index in [2.05, 4.69) is 0 Å². The van der Waals surface area contributed by atoms with Crippen molar-refractivity contribution in [2.45, 2.75) is 132 Å². The van der Waals surface area contributed by atoms with Gasteiger partial charge in [0.05, 0.1) is 47.3 Å². The number of hydrogen-bond donors (Lipinski definition) is 4. The molecule has 6 aliphatic rings. The second-order valence-corrected chi connectivity index (χ2v) is 14.6. The van der Waals surface area contributed by atoms with Crippen LogP contribution in [0.4, 0.5) is 0 Å². The fraction of sp³-hybridized carbons (Fsp3) is 0.568. The highest BCUT2D eigenvalue weighted by Gasteiger charge is 2.67. The number of hydrogen-bond acceptors (Lipinski definition) is 13. The van der Waals surface area contributed by atoms with E-state index in [1.807, 2.05) is 6.92 Å². The van der Waals surface area contributed by atoms with Crippen molar-refractivity contribution in [3.8, 4) is 5.75 Å². The minimum Gasteiger partial charge on any atom is -0.507 e. The van der Waals surface area contributed by atoms with Gasteiger partial charge in [0.1, 0.15) is 17.5 Å². The van der Waals surface area contributed by atoms with Crippen LogP contribution in [0.1, 0.15) is 98.6 Å². The average molecular weight is 695 g/mol. The third-order valence-electron chi connectivity index (χ3n) is 11.0. The average Bonchev–Trinajstić information content (AvgIpc) is 3.05. The van der Waals surface area contributed by atoms with Crippen molar-refractivity contribution < 1.29 is 63.3 Å². The predicted octanol–water partition coefficient (Wildman–Crippen LogP) is 2.62. The third kappa shape index (κ3) is 5.55. The van der Waals surface area contributed by atoms with Gasteiger partial charge in [0.25, 0.3) is 0 Å². The fourth-order valence-electron chi connectivity index (χ4n) is 8.20. The number of aliphatic hydroxyl groups excluding tert-OH is 1. The Labute approximate surface area is 288 Å². The molecule has 0 amide bonds. The van der Waals surface area contributed by atoms with Crippen LogP contribution in [0.25, 0.3) is 0 Å². The minimum absolute atomic E-state index is 0.214. The highest BCUT2D eigenvalue weighted by Crippen LogP contribution is 2.53. The maximum absolute atomic E-state index is 14.1. The van der Waals surface area contributed by atoms with Crippen molar-refractivity contribution in [2.75, 3.05) is 0 Å². The molecule has 1 aromatic carbocycles. The number of phenolic OH excluding ortho intramolecular Hbond substituents is 1. The van der Waals surface area contributed by atoms with Crippen molar-refractivity contribution in [1.82, 2.24) is 0 Å². The number of aromatic hydroxyl groups is 1. The van der Waals surface area contributed by atoms with Gasteiger partial charge in [-0.05, 0) is 71.3 Å². The first kappa shape index (κ1) is 35.0. The lowest BCUT2D eigenvalue weighted by atomic mass is 9.57. The van der Waals surface area contributed by atoms with Crippen LogP contribution in [0.5, 0.6) is 5.75 Å². The van der Waals surface area contributed by atoms with Gasteiger partial charge in [-0.25, -0.2) is 0 Å². The topological polar surface area (TPSA) is 195 Å². The van der Waals surface area contributed by atoms with Gasteiger partial charge in [-0.15, -0.1) is 0 Å². The number of fused-ring (bicyclic) bond motifs is 3. The fourth-order valence-corrected chi connectivity index (χ4v) is 8.20. The van der Waals surface area contributed by atoms with Crippen molar-refractivity contribution >= 4 is 23.1 Å². The monoisotopic (exact) mass is 694 g/mol. The molecule has 2 saturated heterocycles. The molecule has 13 nitrogen and oxygen atoms in total. The Morgan fingerprint density at radius 2 is 1.66 bits per heavy atom. The van der Waals surface area contributed by atoms with Gasteiger partial charge < -0.3 is 44.1 Å². The van der Waals surface area contributed by atoms with Crippen LogP contribution in [0.15, 0.2) is 47.6 Å². The van der Waals surface area contributed by atoms with Crippen molar-refractivity contribution in [3.05, 3.63) is 64.3 Å². The zero-order valence-electron chi connectivity index (χ0n) is 28.3. The molecular formula is C37H42O13. The number of carbonyl (C=O) groups excluding carboxylic acids is 4. The summed E-state index contributed by atoms with van der Waals surface area (Å²) in [7, 11) is 0. The van der Waals surface area contributed by atoms with E-state index in [0.29, 0.717) is 31.2 Å². The summed E-state index contributed by atoms with van der Waals surface area (Å²) in [5, 5.41) is 45.3. The molecule has 0 unspecified atom stereocenters. The van der Waals surface area contributed by atoms with Gasteiger partial charge in [0, 0.05) is 36.0 Å². The molecule has 50 heavy (non-hydrogen) atoms. The SMILES string of the molecule is C[C@H]1O[C@H](O[C@@]2(C)CC(=O)[C@]3(O)C4=C(C=C[C@@]3(O)C2)C(=O)c2c(ccc([C@H]3CC[C@H](O[C@H]5CC[C@H](O)[C@@H](C)O5)[C@@H](C)O3)c2O)C4=O)C=CC1=O. The molecule has 1 saturated carbocycles. The largest absolute Gasteiger partial charge is 0.507 e. The number of phenols is 1. The summed E-state index contributed by atoms with van der Waals surface area (Å²) in [5.41, 5.74) is -7.54. The molecule has 1 aromatic rings. The molecule has 3 aliphatic heterocycles. The van der Waals surface area contributed by atoms with Crippen LogP contribution in [-0.4, -0.2) is 103 Å². The molecule has 268 valence electrons. The summed E-state index contributed by atoms with van der Waals surface area (Å²) in [5.74, 6) is -3.28. The van der Waals surface area contributed by atoms with Gasteiger partial charge in [-0.2, -0.15) is 0 Å². The maximum Gasteiger partial charge on any atom is 0.198 e. The van der Waals surface area contributed by atoms with Gasteiger partial charge >= 0.3 is 0 Å². The van der Waals surface area contributed by atoms with Crippen LogP contribution in [-0.2, 0) is 33.3 Å². The lowest BCUT2D eigenvalue weighted by molar-refractivity contribution is -0.260. The first-order chi connectivity index (χ1) is 23.5. The molecule has 0 spiro atoms. The zero-order valence-corrected chi connectivity index (χ0v) is 28.3. The van der Waals surface area contributed by atoms with Crippen LogP contribution in [0.2, 0.25) is 0 Å². The Morgan fingerprint density at radius 1 is 0.900 bits per heavy atom. The lowest BCUT2D eigenvalue weighted by Gasteiger charge is -2.53. The number of carbonyl (C=O) groups is 4. The molecule has 13 heteroatoms. The van der Waals surface area contributed by atoms with E-state index in [4.69, 9.17) is 23.7 Å². The molecule has 3 heterocycles. The van der Waals surface area contributed by atoms with Gasteiger partial charge in [-0.1, -0.05) is 12.1 Å². The van der Waals surface area contributed by atoms with Crippen molar-refractivity contribution in [2.24, 2.45) is 0 Å². The smallest absolute Gasteiger partial charge is 0.198 e. The number of rotatable bonds is 5. The maximum atomic E-state index is 14.1. The number of Topliss-reactive ketones (excluding diaryl/α,β-unsaturated/α-hetero) is 3. The second kappa shape index (κ2) is 12.4. The Morgan fingerprint density at radius 3 is 2.36 bits per heavy atom. The van der Waals surface area contributed by atoms with Gasteiger partial charge in [0.15, 0.2) is 41.3 Å². The summed E-state index contributed by atoms with van der Waals surface area (Å²) in [4.78, 5) is 53.8. The van der Waals surface area contributed by atoms with Crippen LogP contribution in [0, 0.1) is 0 Å². The molecule has 7 rings (SSSR count). The Kier molecular flexibility index (Phi) is 8.67. The summed E-state index contributed by atoms with van der Waals surface area (Å²) >= 11 is 0. The number of aliphatic hydroxyl groups is 3. The Bertz CT molecular complexity index is 1740. The summed E-state index contributed by atoms with van der Waals surface area (Å²) in [6.45, 7) is 6.74. The highest BCUT2D eigenvalue weighted by molar-refractivity contribution is 6.32. The molecule has 0 aromatic heterocycles. The molecule has 0 bridgehead atoms. The molecule has 11 atom stereocenters. The first-order valence-electron chi connectivity index (χ1n) is 17.1. The molecule has 3 fully saturated rings. The molecule has 3 aliphatic carbocycles. The normalized spacial score (nSPS) is 41.6. The standard InChI is InChI=1S/C37H42O13/c1-17-23(38)7-11-28(47-17)49-25-9-10-26(46-19(25)3)20-5-6-21-30(32(20)41)33(42)22-13-14-36(44)16-35(4,50-29-12-8-24(39)18(2)48-29)15-27(40)37(36,45)31(22)34(21)43/h5-6,8,12-14,17-19,23,25-26,28-29,38,41,44-45H,7,9-11,15-16H2,1-4H3/t17-,18-,19-,23+,25+,26-,28+,29-,35+,36-,37+/m1/s1. The number of allylic oxidation sites excluding steroid dienone is 2. The van der Waals surface area contributed by atoms with Crippen LogP contribution in [0.3, 0.4) is 0 Å². The Hall–Kier alpha value is -3.40. The van der Waals surface area contributed by atoms with E-state index in [1.165, 1.54) is 30.4 Å².